The van der Waals surface area contributed by atoms with Gasteiger partial charge in [0.1, 0.15) is 0 Å². The van der Waals surface area contributed by atoms with E-state index in [0.717, 1.165) is 16.8 Å². The van der Waals surface area contributed by atoms with Crippen LogP contribution in [0.4, 0.5) is 5.69 Å². The molecule has 0 radical (unpaired) electrons. The Balaban J connectivity index is 1.88. The van der Waals surface area contributed by atoms with Crippen LogP contribution in [-0.2, 0) is 20.7 Å². The molecule has 126 valence electrons. The van der Waals surface area contributed by atoms with Crippen LogP contribution in [0, 0.1) is 13.8 Å². The summed E-state index contributed by atoms with van der Waals surface area (Å²) < 4.78 is 5.00. The number of nitrogens with one attached hydrogen (secondary N) is 1. The fourth-order valence-electron chi connectivity index (χ4n) is 2.20. The fraction of sp³-hybridized carbons (Fsp3) is 0.222. The molecule has 0 fully saturated rings. The number of anilines is 1. The Labute approximate surface area is 150 Å². The average molecular weight is 366 g/mol. The van der Waals surface area contributed by atoms with Crippen molar-refractivity contribution in [1.29, 1.82) is 0 Å². The van der Waals surface area contributed by atoms with Crippen LogP contribution < -0.4 is 5.32 Å². The van der Waals surface area contributed by atoms with Crippen LogP contribution in [0.2, 0.25) is 10.0 Å². The van der Waals surface area contributed by atoms with E-state index in [-0.39, 0.29) is 18.9 Å². The molecule has 1 amide bonds. The van der Waals surface area contributed by atoms with Crippen molar-refractivity contribution < 1.29 is 14.3 Å². The molecular weight excluding hydrogens is 349 g/mol. The SMILES string of the molecule is Cc1cccc(C)c1NC(=O)COC(=O)Cc1ccc(Cl)cc1Cl. The number of esters is 1. The number of rotatable bonds is 5. The van der Waals surface area contributed by atoms with E-state index in [0.29, 0.717) is 15.6 Å². The van der Waals surface area contributed by atoms with Crippen LogP contribution in [-0.4, -0.2) is 18.5 Å². The van der Waals surface area contributed by atoms with E-state index in [1.807, 2.05) is 32.0 Å². The standard InChI is InChI=1S/C18H17Cl2NO3/c1-11-4-3-5-12(2)18(11)21-16(22)10-24-17(23)8-13-6-7-14(19)9-15(13)20/h3-7,9H,8,10H2,1-2H3,(H,21,22). The smallest absolute Gasteiger partial charge is 0.310 e. The highest BCUT2D eigenvalue weighted by Crippen LogP contribution is 2.22. The van der Waals surface area contributed by atoms with E-state index >= 15 is 0 Å². The summed E-state index contributed by atoms with van der Waals surface area (Å²) in [5.41, 5.74) is 3.23. The van der Waals surface area contributed by atoms with E-state index in [1.165, 1.54) is 0 Å². The predicted octanol–water partition coefficient (Wildman–Crippen LogP) is 4.33. The van der Waals surface area contributed by atoms with Gasteiger partial charge in [0.05, 0.1) is 6.42 Å². The molecule has 2 aromatic carbocycles. The normalized spacial score (nSPS) is 10.3. The van der Waals surface area contributed by atoms with E-state index < -0.39 is 5.97 Å². The van der Waals surface area contributed by atoms with Gasteiger partial charge in [-0.05, 0) is 42.7 Å². The number of hydrogen-bond acceptors (Lipinski definition) is 3. The predicted molar refractivity (Wildman–Crippen MR) is 95.7 cm³/mol. The number of carbonyl (C=O) groups is 2. The molecule has 4 nitrogen and oxygen atoms in total. The molecule has 0 atom stereocenters. The molecule has 0 saturated heterocycles. The molecule has 0 aliphatic carbocycles. The molecule has 2 aromatic rings. The highest BCUT2D eigenvalue weighted by Gasteiger charge is 2.12. The first-order valence-corrected chi connectivity index (χ1v) is 8.08. The highest BCUT2D eigenvalue weighted by molar-refractivity contribution is 6.35. The van der Waals surface area contributed by atoms with Gasteiger partial charge in [0.2, 0.25) is 0 Å². The maximum atomic E-state index is 12.0. The molecule has 0 aliphatic heterocycles. The zero-order chi connectivity index (χ0) is 17.7. The zero-order valence-electron chi connectivity index (χ0n) is 13.4. The monoisotopic (exact) mass is 365 g/mol. The molecule has 24 heavy (non-hydrogen) atoms. The Bertz CT molecular complexity index is 755. The van der Waals surface area contributed by atoms with Crippen LogP contribution in [0.5, 0.6) is 0 Å². The lowest BCUT2D eigenvalue weighted by Crippen LogP contribution is -2.22. The summed E-state index contributed by atoms with van der Waals surface area (Å²) in [5.74, 6) is -0.918. The van der Waals surface area contributed by atoms with Gasteiger partial charge in [0.15, 0.2) is 6.61 Å². The minimum absolute atomic E-state index is 0.0212. The summed E-state index contributed by atoms with van der Waals surface area (Å²) in [6.45, 7) is 3.45. The molecule has 0 aliphatic rings. The minimum Gasteiger partial charge on any atom is -0.455 e. The largest absolute Gasteiger partial charge is 0.455 e. The second kappa shape index (κ2) is 8.18. The zero-order valence-corrected chi connectivity index (χ0v) is 14.9. The lowest BCUT2D eigenvalue weighted by atomic mass is 10.1. The van der Waals surface area contributed by atoms with Gasteiger partial charge in [0, 0.05) is 15.7 Å². The van der Waals surface area contributed by atoms with E-state index in [9.17, 15) is 9.59 Å². The number of aryl methyl sites for hydroxylation is 2. The van der Waals surface area contributed by atoms with E-state index in [2.05, 4.69) is 5.32 Å². The molecule has 0 bridgehead atoms. The Morgan fingerprint density at radius 2 is 1.75 bits per heavy atom. The minimum atomic E-state index is -0.532. The van der Waals surface area contributed by atoms with Crippen molar-refractivity contribution in [2.45, 2.75) is 20.3 Å². The topological polar surface area (TPSA) is 55.4 Å². The van der Waals surface area contributed by atoms with Gasteiger partial charge in [-0.15, -0.1) is 0 Å². The molecule has 0 aromatic heterocycles. The molecule has 1 N–H and O–H groups in total. The summed E-state index contributed by atoms with van der Waals surface area (Å²) in [6.07, 6.45) is -0.0212. The first kappa shape index (κ1) is 18.3. The third-order valence-corrected chi connectivity index (χ3v) is 4.05. The average Bonchev–Trinajstić information content (AvgIpc) is 2.52. The fourth-order valence-corrected chi connectivity index (χ4v) is 2.68. The maximum absolute atomic E-state index is 12.0. The maximum Gasteiger partial charge on any atom is 0.310 e. The van der Waals surface area contributed by atoms with E-state index in [4.69, 9.17) is 27.9 Å². The summed E-state index contributed by atoms with van der Waals surface area (Å²) in [4.78, 5) is 23.8. The number of benzene rings is 2. The van der Waals surface area contributed by atoms with Crippen molar-refractivity contribution in [1.82, 2.24) is 0 Å². The molecular formula is C18H17Cl2NO3. The lowest BCUT2D eigenvalue weighted by molar-refractivity contribution is -0.146. The van der Waals surface area contributed by atoms with Crippen LogP contribution in [0.15, 0.2) is 36.4 Å². The van der Waals surface area contributed by atoms with Crippen molar-refractivity contribution in [3.05, 3.63) is 63.1 Å². The Morgan fingerprint density at radius 3 is 2.38 bits per heavy atom. The van der Waals surface area contributed by atoms with Gasteiger partial charge in [-0.2, -0.15) is 0 Å². The summed E-state index contributed by atoms with van der Waals surface area (Å²) >= 11 is 11.8. The third-order valence-electron chi connectivity index (χ3n) is 3.46. The van der Waals surface area contributed by atoms with E-state index in [1.54, 1.807) is 18.2 Å². The van der Waals surface area contributed by atoms with Gasteiger partial charge < -0.3 is 10.1 Å². The van der Waals surface area contributed by atoms with Crippen LogP contribution in [0.3, 0.4) is 0 Å². The summed E-state index contributed by atoms with van der Waals surface area (Å²) in [6, 6.07) is 10.6. The Morgan fingerprint density at radius 1 is 1.08 bits per heavy atom. The molecule has 0 unspecified atom stereocenters. The van der Waals surface area contributed by atoms with Gasteiger partial charge in [0.25, 0.3) is 5.91 Å². The number of ether oxygens (including phenoxy) is 1. The lowest BCUT2D eigenvalue weighted by Gasteiger charge is -2.11. The number of carbonyl (C=O) groups excluding carboxylic acids is 2. The summed E-state index contributed by atoms with van der Waals surface area (Å²) in [7, 11) is 0. The highest BCUT2D eigenvalue weighted by atomic mass is 35.5. The van der Waals surface area contributed by atoms with Crippen molar-refractivity contribution >= 4 is 40.8 Å². The van der Waals surface area contributed by atoms with Crippen molar-refractivity contribution in [2.24, 2.45) is 0 Å². The second-order valence-electron chi connectivity index (χ2n) is 5.39. The van der Waals surface area contributed by atoms with Crippen molar-refractivity contribution in [2.75, 3.05) is 11.9 Å². The first-order chi connectivity index (χ1) is 11.4. The number of amides is 1. The summed E-state index contributed by atoms with van der Waals surface area (Å²) in [5, 5.41) is 3.64. The third kappa shape index (κ3) is 4.98. The molecule has 2 rings (SSSR count). The van der Waals surface area contributed by atoms with Gasteiger partial charge in [-0.3, -0.25) is 9.59 Å². The van der Waals surface area contributed by atoms with Gasteiger partial charge >= 0.3 is 5.97 Å². The molecule has 0 saturated carbocycles. The van der Waals surface area contributed by atoms with Gasteiger partial charge in [-0.1, -0.05) is 47.5 Å². The van der Waals surface area contributed by atoms with Crippen LogP contribution in [0.1, 0.15) is 16.7 Å². The Kier molecular flexibility index (Phi) is 6.23. The van der Waals surface area contributed by atoms with Gasteiger partial charge in [-0.25, -0.2) is 0 Å². The molecule has 0 heterocycles. The molecule has 6 heteroatoms. The quantitative estimate of drug-likeness (QED) is 0.802. The van der Waals surface area contributed by atoms with Crippen molar-refractivity contribution in [3.8, 4) is 0 Å². The number of para-hydroxylation sites is 1. The number of hydrogen-bond donors (Lipinski definition) is 1. The van der Waals surface area contributed by atoms with Crippen LogP contribution >= 0.6 is 23.2 Å². The number of halogens is 2. The second-order valence-corrected chi connectivity index (χ2v) is 6.23. The van der Waals surface area contributed by atoms with Crippen molar-refractivity contribution in [3.63, 3.8) is 0 Å². The molecule has 0 spiro atoms. The van der Waals surface area contributed by atoms with Crippen LogP contribution in [0.25, 0.3) is 0 Å². The Hall–Kier alpha value is -2.04. The first-order valence-electron chi connectivity index (χ1n) is 7.32.